The van der Waals surface area contributed by atoms with E-state index in [1.165, 1.54) is 5.56 Å². The van der Waals surface area contributed by atoms with Gasteiger partial charge in [0.05, 0.1) is 0 Å². The molecule has 3 rings (SSSR count). The zero-order valence-electron chi connectivity index (χ0n) is 12.3. The van der Waals surface area contributed by atoms with Gasteiger partial charge >= 0.3 is 0 Å². The van der Waals surface area contributed by atoms with E-state index in [2.05, 4.69) is 29.6 Å². The van der Waals surface area contributed by atoms with Crippen LogP contribution in [0, 0.1) is 0 Å². The van der Waals surface area contributed by atoms with Crippen molar-refractivity contribution in [3.8, 4) is 11.1 Å². The summed E-state index contributed by atoms with van der Waals surface area (Å²) in [5.41, 5.74) is 17.7. The summed E-state index contributed by atoms with van der Waals surface area (Å²) in [5.74, 6) is 0. The third-order valence-corrected chi connectivity index (χ3v) is 3.61. The highest BCUT2D eigenvalue weighted by Gasteiger charge is 1.99. The molecule has 22 heavy (non-hydrogen) atoms. The molecule has 0 saturated carbocycles. The molecule has 3 aromatic carbocycles. The van der Waals surface area contributed by atoms with Crippen molar-refractivity contribution >= 4 is 17.1 Å². The van der Waals surface area contributed by atoms with Crippen molar-refractivity contribution in [1.82, 2.24) is 0 Å². The summed E-state index contributed by atoms with van der Waals surface area (Å²) < 4.78 is 0. The van der Waals surface area contributed by atoms with Crippen LogP contribution in [0.1, 0.15) is 5.56 Å². The average molecular weight is 289 g/mol. The summed E-state index contributed by atoms with van der Waals surface area (Å²) in [5, 5.41) is 3.38. The molecule has 0 aliphatic heterocycles. The number of anilines is 3. The van der Waals surface area contributed by atoms with E-state index in [1.807, 2.05) is 48.5 Å². The first-order valence-corrected chi connectivity index (χ1v) is 7.26. The molecule has 0 saturated heterocycles. The summed E-state index contributed by atoms with van der Waals surface area (Å²) >= 11 is 0. The van der Waals surface area contributed by atoms with E-state index in [-0.39, 0.29) is 0 Å². The fourth-order valence-corrected chi connectivity index (χ4v) is 2.31. The Balaban J connectivity index is 1.74. The van der Waals surface area contributed by atoms with E-state index in [9.17, 15) is 0 Å². The second-order valence-electron chi connectivity index (χ2n) is 5.23. The highest BCUT2D eigenvalue weighted by atomic mass is 14.9. The molecule has 0 spiro atoms. The van der Waals surface area contributed by atoms with Crippen molar-refractivity contribution in [1.29, 1.82) is 0 Å². The summed E-state index contributed by atoms with van der Waals surface area (Å²) in [7, 11) is 0. The molecule has 5 N–H and O–H groups in total. The lowest BCUT2D eigenvalue weighted by molar-refractivity contribution is 1.07. The maximum Gasteiger partial charge on any atom is 0.0384 e. The predicted molar refractivity (Wildman–Crippen MR) is 93.9 cm³/mol. The molecule has 110 valence electrons. The molecule has 0 heterocycles. The van der Waals surface area contributed by atoms with Crippen LogP contribution in [0.25, 0.3) is 11.1 Å². The SMILES string of the molecule is NCc1ccc(Nc2ccc(-c3ccc(N)cc3)cc2)cc1. The van der Waals surface area contributed by atoms with E-state index in [0.29, 0.717) is 6.54 Å². The molecule has 3 heteroatoms. The van der Waals surface area contributed by atoms with E-state index < -0.39 is 0 Å². The predicted octanol–water partition coefficient (Wildman–Crippen LogP) is 4.14. The van der Waals surface area contributed by atoms with Crippen molar-refractivity contribution in [2.45, 2.75) is 6.54 Å². The fourth-order valence-electron chi connectivity index (χ4n) is 2.31. The third-order valence-electron chi connectivity index (χ3n) is 3.61. The fraction of sp³-hybridized carbons (Fsp3) is 0.0526. The highest BCUT2D eigenvalue weighted by molar-refractivity contribution is 5.69. The van der Waals surface area contributed by atoms with Gasteiger partial charge in [-0.3, -0.25) is 0 Å². The first-order valence-electron chi connectivity index (χ1n) is 7.26. The Morgan fingerprint density at radius 1 is 0.636 bits per heavy atom. The summed E-state index contributed by atoms with van der Waals surface area (Å²) in [6.45, 7) is 0.566. The number of benzene rings is 3. The number of nitrogens with two attached hydrogens (primary N) is 2. The van der Waals surface area contributed by atoms with Gasteiger partial charge in [-0.15, -0.1) is 0 Å². The number of hydrogen-bond acceptors (Lipinski definition) is 3. The van der Waals surface area contributed by atoms with Gasteiger partial charge in [0, 0.05) is 23.6 Å². The maximum atomic E-state index is 5.72. The Morgan fingerprint density at radius 2 is 1.09 bits per heavy atom. The maximum absolute atomic E-state index is 5.72. The van der Waals surface area contributed by atoms with Crippen LogP contribution in [-0.4, -0.2) is 0 Å². The minimum Gasteiger partial charge on any atom is -0.399 e. The molecule has 0 aromatic heterocycles. The molecule has 0 amide bonds. The molecule has 0 unspecified atom stereocenters. The second-order valence-corrected chi connectivity index (χ2v) is 5.23. The Hall–Kier alpha value is -2.78. The number of rotatable bonds is 4. The van der Waals surface area contributed by atoms with Gasteiger partial charge in [0.15, 0.2) is 0 Å². The minimum atomic E-state index is 0.566. The quantitative estimate of drug-likeness (QED) is 0.632. The Labute approximate surface area is 130 Å². The Bertz CT molecular complexity index is 729. The van der Waals surface area contributed by atoms with Crippen molar-refractivity contribution < 1.29 is 0 Å². The molecule has 0 aliphatic rings. The van der Waals surface area contributed by atoms with Crippen LogP contribution in [0.3, 0.4) is 0 Å². The van der Waals surface area contributed by atoms with Crippen molar-refractivity contribution in [2.75, 3.05) is 11.1 Å². The van der Waals surface area contributed by atoms with E-state index in [4.69, 9.17) is 11.5 Å². The smallest absolute Gasteiger partial charge is 0.0384 e. The standard InChI is InChI=1S/C19H19N3/c20-13-14-1-9-18(10-2-14)22-19-11-5-16(6-12-19)15-3-7-17(21)8-4-15/h1-12,22H,13,20-21H2. The first-order chi connectivity index (χ1) is 10.7. The van der Waals surface area contributed by atoms with Crippen LogP contribution in [0.2, 0.25) is 0 Å². The van der Waals surface area contributed by atoms with Gasteiger partial charge in [0.1, 0.15) is 0 Å². The average Bonchev–Trinajstić information content (AvgIpc) is 2.57. The van der Waals surface area contributed by atoms with Gasteiger partial charge in [0.25, 0.3) is 0 Å². The first kappa shape index (κ1) is 14.2. The number of nitrogen functional groups attached to an aromatic ring is 1. The van der Waals surface area contributed by atoms with E-state index in [1.54, 1.807) is 0 Å². The van der Waals surface area contributed by atoms with E-state index >= 15 is 0 Å². The van der Waals surface area contributed by atoms with Gasteiger partial charge in [-0.2, -0.15) is 0 Å². The molecule has 0 aliphatic carbocycles. The number of hydrogen-bond donors (Lipinski definition) is 3. The molecule has 0 bridgehead atoms. The molecular formula is C19H19N3. The van der Waals surface area contributed by atoms with Gasteiger partial charge < -0.3 is 16.8 Å². The number of nitrogens with one attached hydrogen (secondary N) is 1. The summed E-state index contributed by atoms with van der Waals surface area (Å²) in [4.78, 5) is 0. The summed E-state index contributed by atoms with van der Waals surface area (Å²) in [6, 6.07) is 24.4. The zero-order valence-corrected chi connectivity index (χ0v) is 12.3. The third kappa shape index (κ3) is 3.27. The topological polar surface area (TPSA) is 64.1 Å². The molecule has 0 atom stereocenters. The van der Waals surface area contributed by atoms with Crippen LogP contribution < -0.4 is 16.8 Å². The monoisotopic (exact) mass is 289 g/mol. The van der Waals surface area contributed by atoms with Gasteiger partial charge in [-0.25, -0.2) is 0 Å². The normalized spacial score (nSPS) is 10.4. The lowest BCUT2D eigenvalue weighted by Crippen LogP contribution is -1.96. The van der Waals surface area contributed by atoms with Gasteiger partial charge in [0.2, 0.25) is 0 Å². The van der Waals surface area contributed by atoms with Crippen LogP contribution >= 0.6 is 0 Å². The van der Waals surface area contributed by atoms with Crippen molar-refractivity contribution in [2.24, 2.45) is 5.73 Å². The van der Waals surface area contributed by atoms with Crippen LogP contribution in [0.15, 0.2) is 72.8 Å². The Morgan fingerprint density at radius 3 is 1.59 bits per heavy atom. The second kappa shape index (κ2) is 6.33. The molecule has 3 nitrogen and oxygen atoms in total. The van der Waals surface area contributed by atoms with Crippen LogP contribution in [0.5, 0.6) is 0 Å². The molecule has 3 aromatic rings. The lowest BCUT2D eigenvalue weighted by atomic mass is 10.1. The molecular weight excluding hydrogens is 270 g/mol. The Kier molecular flexibility index (Phi) is 4.08. The van der Waals surface area contributed by atoms with Crippen LogP contribution in [0.4, 0.5) is 17.1 Å². The van der Waals surface area contributed by atoms with Gasteiger partial charge in [-0.1, -0.05) is 36.4 Å². The zero-order chi connectivity index (χ0) is 15.4. The van der Waals surface area contributed by atoms with E-state index in [0.717, 1.165) is 28.2 Å². The van der Waals surface area contributed by atoms with Crippen molar-refractivity contribution in [3.05, 3.63) is 78.4 Å². The highest BCUT2D eigenvalue weighted by Crippen LogP contribution is 2.24. The van der Waals surface area contributed by atoms with Crippen molar-refractivity contribution in [3.63, 3.8) is 0 Å². The summed E-state index contributed by atoms with van der Waals surface area (Å²) in [6.07, 6.45) is 0. The lowest BCUT2D eigenvalue weighted by Gasteiger charge is -2.08. The van der Waals surface area contributed by atoms with Crippen LogP contribution in [-0.2, 0) is 6.54 Å². The van der Waals surface area contributed by atoms with Gasteiger partial charge in [-0.05, 0) is 53.1 Å². The largest absolute Gasteiger partial charge is 0.399 e. The molecule has 0 fully saturated rings. The minimum absolute atomic E-state index is 0.566. The molecule has 0 radical (unpaired) electrons.